The number of anilines is 1. The molecule has 7 nitrogen and oxygen atoms in total. The van der Waals surface area contributed by atoms with E-state index in [4.69, 9.17) is 0 Å². The third-order valence-corrected chi connectivity index (χ3v) is 6.47. The van der Waals surface area contributed by atoms with E-state index in [1.54, 1.807) is 41.3 Å². The first kappa shape index (κ1) is 20.5. The molecular formula is C22H21F3N6O. The van der Waals surface area contributed by atoms with Crippen LogP contribution in [0.25, 0.3) is 0 Å². The summed E-state index contributed by atoms with van der Waals surface area (Å²) >= 11 is 0. The number of azo groups is 1. The first-order valence-corrected chi connectivity index (χ1v) is 10.3. The number of nitrogens with zero attached hydrogens (tertiary/aromatic N) is 5. The number of alkyl halides is 3. The van der Waals surface area contributed by atoms with E-state index in [1.807, 2.05) is 6.92 Å². The molecular weight excluding hydrogens is 421 g/mol. The summed E-state index contributed by atoms with van der Waals surface area (Å²) in [6.07, 6.45) is 0.846. The molecule has 3 aliphatic rings. The number of halogens is 3. The zero-order chi connectivity index (χ0) is 22.7. The minimum Gasteiger partial charge on any atom is -0.362 e. The second-order valence-electron chi connectivity index (χ2n) is 8.13. The number of hydrogen-bond acceptors (Lipinski definition) is 5. The Labute approximate surface area is 182 Å². The van der Waals surface area contributed by atoms with Gasteiger partial charge < -0.3 is 10.2 Å². The first-order chi connectivity index (χ1) is 15.3. The fourth-order valence-electron chi connectivity index (χ4n) is 5.00. The van der Waals surface area contributed by atoms with Crippen LogP contribution >= 0.6 is 0 Å². The molecule has 3 aliphatic heterocycles. The van der Waals surface area contributed by atoms with Crippen molar-refractivity contribution in [1.82, 2.24) is 15.1 Å². The minimum atomic E-state index is -4.49. The average Bonchev–Trinajstić information content (AvgIpc) is 3.41. The highest BCUT2D eigenvalue weighted by molar-refractivity contribution is 6.09. The molecule has 2 atom stereocenters. The van der Waals surface area contributed by atoms with Crippen molar-refractivity contribution in [2.45, 2.75) is 37.5 Å². The highest BCUT2D eigenvalue weighted by atomic mass is 19.4. The number of hydrogen-bond donors (Lipinski definition) is 1. The summed E-state index contributed by atoms with van der Waals surface area (Å²) in [7, 11) is 1.76. The van der Waals surface area contributed by atoms with Crippen LogP contribution in [0.4, 0.5) is 18.9 Å². The van der Waals surface area contributed by atoms with Crippen molar-refractivity contribution < 1.29 is 18.0 Å². The number of carbonyl (C=O) groups is 1. The van der Waals surface area contributed by atoms with Gasteiger partial charge in [0, 0.05) is 37.5 Å². The van der Waals surface area contributed by atoms with Crippen molar-refractivity contribution in [3.63, 3.8) is 0 Å². The van der Waals surface area contributed by atoms with Crippen molar-refractivity contribution in [3.8, 4) is 0 Å². The van der Waals surface area contributed by atoms with Crippen LogP contribution in [0, 0.1) is 0 Å². The van der Waals surface area contributed by atoms with E-state index in [1.165, 1.54) is 6.07 Å². The molecule has 0 fully saturated rings. The summed E-state index contributed by atoms with van der Waals surface area (Å²) in [4.78, 5) is 15.5. The Bertz CT molecular complexity index is 1190. The van der Waals surface area contributed by atoms with Gasteiger partial charge in [-0.15, -0.1) is 0 Å². The summed E-state index contributed by atoms with van der Waals surface area (Å²) in [5.41, 5.74) is 1.07. The van der Waals surface area contributed by atoms with Crippen LogP contribution in [-0.4, -0.2) is 28.4 Å². The lowest BCUT2D eigenvalue weighted by atomic mass is 9.62. The predicted octanol–water partition coefficient (Wildman–Crippen LogP) is 4.06. The fourth-order valence-corrected chi connectivity index (χ4v) is 5.00. The first-order valence-electron chi connectivity index (χ1n) is 10.3. The standard InChI is InChI=1S/C22H21F3N6O/c1-3-21(13-5-4-6-14(9-13)22(23,24)25)16-11-26-29-19(16)28-17-7-8-31(20(32)18(17)21)15-10-27-30(2)12-15/h4-6,9-12,19,28H,3,7-8H2,1-2H3/t19?,21-/m1/s1. The lowest BCUT2D eigenvalue weighted by Crippen LogP contribution is -2.54. The van der Waals surface area contributed by atoms with E-state index >= 15 is 0 Å². The molecule has 0 spiro atoms. The Morgan fingerprint density at radius 3 is 2.81 bits per heavy atom. The molecule has 5 rings (SSSR count). The number of carbonyl (C=O) groups excluding carboxylic acids is 1. The smallest absolute Gasteiger partial charge is 0.362 e. The molecule has 4 heterocycles. The molecule has 166 valence electrons. The molecule has 0 bridgehead atoms. The molecule has 1 amide bonds. The Kier molecular flexibility index (Phi) is 4.51. The number of aromatic nitrogens is 2. The zero-order valence-electron chi connectivity index (χ0n) is 17.5. The summed E-state index contributed by atoms with van der Waals surface area (Å²) < 4.78 is 42.3. The van der Waals surface area contributed by atoms with E-state index < -0.39 is 23.3 Å². The van der Waals surface area contributed by atoms with Gasteiger partial charge in [0.15, 0.2) is 6.17 Å². The molecule has 1 N–H and O–H groups in total. The SMILES string of the molecule is CC[C@@]1(c2cccc(C(F)(F)F)c2)C2=CN=NC2NC2=C1C(=O)N(c1cnn(C)c1)CC2. The lowest BCUT2D eigenvalue weighted by molar-refractivity contribution is -0.137. The van der Waals surface area contributed by atoms with Gasteiger partial charge in [-0.3, -0.25) is 9.48 Å². The average molecular weight is 442 g/mol. The summed E-state index contributed by atoms with van der Waals surface area (Å²) in [6, 6.07) is 5.24. The molecule has 1 aromatic heterocycles. The quantitative estimate of drug-likeness (QED) is 0.779. The maximum atomic E-state index is 13.9. The summed E-state index contributed by atoms with van der Waals surface area (Å²) in [6.45, 7) is 2.31. The normalized spacial score (nSPS) is 24.9. The third kappa shape index (κ3) is 2.89. The van der Waals surface area contributed by atoms with Crippen molar-refractivity contribution in [3.05, 3.63) is 70.8 Å². The molecule has 32 heavy (non-hydrogen) atoms. The van der Waals surface area contributed by atoms with E-state index in [0.29, 0.717) is 47.5 Å². The number of fused-ring (bicyclic) bond motifs is 1. The molecule has 1 unspecified atom stereocenters. The Balaban J connectivity index is 1.71. The maximum Gasteiger partial charge on any atom is 0.416 e. The van der Waals surface area contributed by atoms with Crippen molar-refractivity contribution >= 4 is 11.6 Å². The van der Waals surface area contributed by atoms with Crippen LogP contribution in [0.3, 0.4) is 0 Å². The van der Waals surface area contributed by atoms with Gasteiger partial charge in [-0.2, -0.15) is 28.5 Å². The summed E-state index contributed by atoms with van der Waals surface area (Å²) in [5.74, 6) is -0.253. The van der Waals surface area contributed by atoms with E-state index in [0.717, 1.165) is 12.1 Å². The van der Waals surface area contributed by atoms with Gasteiger partial charge >= 0.3 is 6.18 Å². The topological polar surface area (TPSA) is 74.9 Å². The number of nitrogens with one attached hydrogen (secondary N) is 1. The predicted molar refractivity (Wildman–Crippen MR) is 110 cm³/mol. The van der Waals surface area contributed by atoms with Gasteiger partial charge in [0.2, 0.25) is 0 Å². The van der Waals surface area contributed by atoms with Gasteiger partial charge in [0.25, 0.3) is 5.91 Å². The van der Waals surface area contributed by atoms with Crippen LogP contribution in [0.2, 0.25) is 0 Å². The van der Waals surface area contributed by atoms with E-state index in [2.05, 4.69) is 20.6 Å². The minimum absolute atomic E-state index is 0.253. The second kappa shape index (κ2) is 7.04. The van der Waals surface area contributed by atoms with Crippen molar-refractivity contribution in [2.75, 3.05) is 11.4 Å². The number of benzene rings is 1. The highest BCUT2D eigenvalue weighted by Crippen LogP contribution is 2.51. The van der Waals surface area contributed by atoms with E-state index in [-0.39, 0.29) is 5.91 Å². The largest absolute Gasteiger partial charge is 0.416 e. The number of rotatable bonds is 3. The van der Waals surface area contributed by atoms with Crippen LogP contribution in [-0.2, 0) is 23.4 Å². The van der Waals surface area contributed by atoms with Crippen LogP contribution in [0.15, 0.2) is 69.9 Å². The molecule has 0 radical (unpaired) electrons. The third-order valence-electron chi connectivity index (χ3n) is 6.47. The van der Waals surface area contributed by atoms with Gasteiger partial charge in [0.1, 0.15) is 0 Å². The molecule has 0 saturated heterocycles. The molecule has 1 aromatic carbocycles. The van der Waals surface area contributed by atoms with Crippen molar-refractivity contribution in [1.29, 1.82) is 0 Å². The van der Waals surface area contributed by atoms with Crippen LogP contribution in [0.1, 0.15) is 30.9 Å². The Morgan fingerprint density at radius 2 is 2.12 bits per heavy atom. The number of amides is 1. The van der Waals surface area contributed by atoms with Gasteiger partial charge in [-0.05, 0) is 18.1 Å². The van der Waals surface area contributed by atoms with Crippen LogP contribution in [0.5, 0.6) is 0 Å². The highest BCUT2D eigenvalue weighted by Gasteiger charge is 2.53. The second-order valence-corrected chi connectivity index (χ2v) is 8.13. The molecule has 10 heteroatoms. The maximum absolute atomic E-state index is 13.9. The monoisotopic (exact) mass is 442 g/mol. The van der Waals surface area contributed by atoms with Gasteiger partial charge in [-0.25, -0.2) is 0 Å². The molecule has 2 aromatic rings. The van der Waals surface area contributed by atoms with E-state index in [9.17, 15) is 18.0 Å². The molecule has 0 saturated carbocycles. The Hall–Kier alpha value is -3.43. The fraction of sp³-hybridized carbons (Fsp3) is 0.364. The lowest BCUT2D eigenvalue weighted by Gasteiger charge is -2.47. The summed E-state index contributed by atoms with van der Waals surface area (Å²) in [5, 5.41) is 15.7. The number of aryl methyl sites for hydroxylation is 1. The zero-order valence-corrected chi connectivity index (χ0v) is 17.5. The van der Waals surface area contributed by atoms with Gasteiger partial charge in [0.05, 0.1) is 34.6 Å². The van der Waals surface area contributed by atoms with Crippen molar-refractivity contribution in [2.24, 2.45) is 17.3 Å². The Morgan fingerprint density at radius 1 is 1.31 bits per heavy atom. The van der Waals surface area contributed by atoms with Crippen LogP contribution < -0.4 is 10.2 Å². The molecule has 0 aliphatic carbocycles. The van der Waals surface area contributed by atoms with Gasteiger partial charge in [-0.1, -0.05) is 25.1 Å².